The summed E-state index contributed by atoms with van der Waals surface area (Å²) in [7, 11) is 0. The first kappa shape index (κ1) is 36.5. The molecule has 2 heteroatoms. The molecule has 10 aromatic carbocycles. The summed E-state index contributed by atoms with van der Waals surface area (Å²) in [4.78, 5) is 2.32. The lowest BCUT2D eigenvalue weighted by atomic mass is 9.91. The molecule has 1 nitrogen and oxygen atoms in total. The van der Waals surface area contributed by atoms with E-state index in [1.807, 2.05) is 12.1 Å². The van der Waals surface area contributed by atoms with Crippen LogP contribution in [0.15, 0.2) is 243 Å². The maximum Gasteiger partial charge on any atom is 0.123 e. The third-order valence-electron chi connectivity index (χ3n) is 11.4. The average Bonchev–Trinajstić information content (AvgIpc) is 3.33. The molecule has 10 rings (SSSR count). The molecule has 10 aromatic rings. The van der Waals surface area contributed by atoms with Gasteiger partial charge in [0.15, 0.2) is 0 Å². The van der Waals surface area contributed by atoms with Crippen LogP contribution in [0.3, 0.4) is 0 Å². The number of anilines is 3. The Kier molecular flexibility index (Phi) is 9.87. The van der Waals surface area contributed by atoms with Gasteiger partial charge < -0.3 is 4.90 Å². The van der Waals surface area contributed by atoms with Crippen LogP contribution in [0.4, 0.5) is 21.5 Å². The lowest BCUT2D eigenvalue weighted by Crippen LogP contribution is -2.09. The lowest BCUT2D eigenvalue weighted by molar-refractivity contribution is 0.628. The summed E-state index contributed by atoms with van der Waals surface area (Å²) in [5.74, 6) is -0.238. The van der Waals surface area contributed by atoms with E-state index < -0.39 is 0 Å². The van der Waals surface area contributed by atoms with Crippen molar-refractivity contribution in [1.82, 2.24) is 0 Å². The highest BCUT2D eigenvalue weighted by atomic mass is 19.1. The molecule has 0 aliphatic carbocycles. The second kappa shape index (κ2) is 16.2. The van der Waals surface area contributed by atoms with Crippen LogP contribution >= 0.6 is 0 Å². The summed E-state index contributed by atoms with van der Waals surface area (Å²) >= 11 is 0. The first-order chi connectivity index (χ1) is 29.7. The van der Waals surface area contributed by atoms with E-state index in [2.05, 4.69) is 223 Å². The first-order valence-electron chi connectivity index (χ1n) is 20.4. The monoisotopic (exact) mass is 769 g/mol. The van der Waals surface area contributed by atoms with Crippen molar-refractivity contribution in [3.05, 3.63) is 248 Å². The Morgan fingerprint density at radius 2 is 0.600 bits per heavy atom. The van der Waals surface area contributed by atoms with E-state index in [0.29, 0.717) is 0 Å². The van der Waals surface area contributed by atoms with Gasteiger partial charge in [0.25, 0.3) is 0 Å². The topological polar surface area (TPSA) is 3.24 Å². The van der Waals surface area contributed by atoms with Gasteiger partial charge in [0.2, 0.25) is 0 Å². The average molecular weight is 770 g/mol. The molecule has 0 aliphatic heterocycles. The zero-order valence-corrected chi connectivity index (χ0v) is 32.9. The number of fused-ring (bicyclic) bond motifs is 1. The van der Waals surface area contributed by atoms with Gasteiger partial charge in [-0.25, -0.2) is 4.39 Å². The normalized spacial score (nSPS) is 11.1. The second-order valence-electron chi connectivity index (χ2n) is 15.1. The fourth-order valence-corrected chi connectivity index (χ4v) is 8.40. The molecule has 0 N–H and O–H groups in total. The van der Waals surface area contributed by atoms with Crippen molar-refractivity contribution in [2.75, 3.05) is 4.90 Å². The van der Waals surface area contributed by atoms with Gasteiger partial charge in [0.05, 0.1) is 0 Å². The van der Waals surface area contributed by atoms with Crippen molar-refractivity contribution in [2.24, 2.45) is 0 Å². The van der Waals surface area contributed by atoms with Crippen LogP contribution < -0.4 is 4.90 Å². The SMILES string of the molecule is Fc1ccc(-c2cccc3cccc(-c4ccc(N(c5ccc(-c6ccccc6)cc5)c5ccc(-c6ccccc6-c6cccc(-c7ccccc7)c6)cc5)cc4)c23)cc1. The standard InChI is InChI=1S/C58H40FN/c59-50-32-24-45(25-33-50)56-22-10-16-47-17-11-23-57(58(47)56)46-30-38-53(39-31-46)60(51-34-26-43(27-35-51)41-12-3-1-4-13-41)52-36-28-44(29-37-52)54-20-7-8-21-55(54)49-19-9-18-48(40-49)42-14-5-2-6-15-42/h1-40H. The van der Waals surface area contributed by atoms with Gasteiger partial charge >= 0.3 is 0 Å². The van der Waals surface area contributed by atoms with Crippen LogP contribution in [-0.4, -0.2) is 0 Å². The molecule has 0 unspecified atom stereocenters. The number of nitrogens with zero attached hydrogens (tertiary/aromatic N) is 1. The third kappa shape index (κ3) is 7.28. The van der Waals surface area contributed by atoms with Gasteiger partial charge in [-0.3, -0.25) is 0 Å². The minimum atomic E-state index is -0.238. The van der Waals surface area contributed by atoms with E-state index in [1.54, 1.807) is 0 Å². The van der Waals surface area contributed by atoms with Gasteiger partial charge in [-0.05, 0) is 132 Å². The van der Waals surface area contributed by atoms with Gasteiger partial charge in [0.1, 0.15) is 5.82 Å². The van der Waals surface area contributed by atoms with Crippen molar-refractivity contribution in [3.8, 4) is 66.8 Å². The summed E-state index contributed by atoms with van der Waals surface area (Å²) in [5.41, 5.74) is 17.0. The van der Waals surface area contributed by atoms with E-state index in [9.17, 15) is 4.39 Å². The highest BCUT2D eigenvalue weighted by molar-refractivity contribution is 6.06. The Bertz CT molecular complexity index is 3040. The molecular weight excluding hydrogens is 730 g/mol. The Morgan fingerprint density at radius 3 is 1.13 bits per heavy atom. The maximum absolute atomic E-state index is 13.9. The van der Waals surface area contributed by atoms with Crippen LogP contribution in [0.5, 0.6) is 0 Å². The minimum Gasteiger partial charge on any atom is -0.311 e. The first-order valence-corrected chi connectivity index (χ1v) is 20.4. The van der Waals surface area contributed by atoms with Crippen molar-refractivity contribution in [2.45, 2.75) is 0 Å². The fraction of sp³-hybridized carbons (Fsp3) is 0. The molecule has 0 radical (unpaired) electrons. The predicted molar refractivity (Wildman–Crippen MR) is 251 cm³/mol. The molecule has 0 saturated heterocycles. The molecule has 0 aliphatic rings. The van der Waals surface area contributed by atoms with Gasteiger partial charge in [-0.15, -0.1) is 0 Å². The zero-order valence-electron chi connectivity index (χ0n) is 32.9. The zero-order chi connectivity index (χ0) is 40.3. The maximum atomic E-state index is 13.9. The summed E-state index contributed by atoms with van der Waals surface area (Å²) in [6.45, 7) is 0. The smallest absolute Gasteiger partial charge is 0.123 e. The lowest BCUT2D eigenvalue weighted by Gasteiger charge is -2.26. The second-order valence-corrected chi connectivity index (χ2v) is 15.1. The van der Waals surface area contributed by atoms with Crippen molar-refractivity contribution in [3.63, 3.8) is 0 Å². The minimum absolute atomic E-state index is 0.238. The number of hydrogen-bond acceptors (Lipinski definition) is 1. The molecule has 284 valence electrons. The summed E-state index contributed by atoms with van der Waals surface area (Å²) in [6.07, 6.45) is 0. The fourth-order valence-electron chi connectivity index (χ4n) is 8.40. The molecule has 0 aromatic heterocycles. The highest BCUT2D eigenvalue weighted by Crippen LogP contribution is 2.41. The molecule has 0 fully saturated rings. The van der Waals surface area contributed by atoms with Crippen LogP contribution in [0.25, 0.3) is 77.5 Å². The Labute approximate surface area is 350 Å². The van der Waals surface area contributed by atoms with Gasteiger partial charge in [-0.1, -0.05) is 188 Å². The Morgan fingerprint density at radius 1 is 0.250 bits per heavy atom. The molecular formula is C58H40FN. The van der Waals surface area contributed by atoms with Crippen LogP contribution in [0, 0.1) is 5.82 Å². The van der Waals surface area contributed by atoms with Gasteiger partial charge in [0, 0.05) is 17.1 Å². The van der Waals surface area contributed by atoms with E-state index in [1.165, 1.54) is 51.1 Å². The quantitative estimate of drug-likeness (QED) is 0.141. The largest absolute Gasteiger partial charge is 0.311 e. The van der Waals surface area contributed by atoms with Crippen LogP contribution in [-0.2, 0) is 0 Å². The van der Waals surface area contributed by atoms with Crippen molar-refractivity contribution < 1.29 is 4.39 Å². The summed E-state index contributed by atoms with van der Waals surface area (Å²) in [5, 5.41) is 2.29. The Balaban J connectivity index is 1.03. The van der Waals surface area contributed by atoms with E-state index in [4.69, 9.17) is 0 Å². The van der Waals surface area contributed by atoms with Crippen molar-refractivity contribution in [1.29, 1.82) is 0 Å². The van der Waals surface area contributed by atoms with E-state index >= 15 is 0 Å². The molecule has 0 amide bonds. The molecule has 0 heterocycles. The van der Waals surface area contributed by atoms with E-state index in [-0.39, 0.29) is 5.82 Å². The number of hydrogen-bond donors (Lipinski definition) is 0. The van der Waals surface area contributed by atoms with Gasteiger partial charge in [-0.2, -0.15) is 0 Å². The van der Waals surface area contributed by atoms with Crippen LogP contribution in [0.2, 0.25) is 0 Å². The Hall–Kier alpha value is -7.81. The van der Waals surface area contributed by atoms with Crippen molar-refractivity contribution >= 4 is 27.8 Å². The third-order valence-corrected chi connectivity index (χ3v) is 11.4. The molecule has 60 heavy (non-hydrogen) atoms. The molecule has 0 saturated carbocycles. The molecule has 0 atom stereocenters. The number of halogens is 1. The number of rotatable bonds is 9. The number of benzene rings is 10. The summed E-state index contributed by atoms with van der Waals surface area (Å²) < 4.78 is 13.9. The van der Waals surface area contributed by atoms with E-state index in [0.717, 1.165) is 55.7 Å². The summed E-state index contributed by atoms with van der Waals surface area (Å²) in [6, 6.07) is 84.7. The predicted octanol–water partition coefficient (Wildman–Crippen LogP) is 16.5. The van der Waals surface area contributed by atoms with Crippen LogP contribution in [0.1, 0.15) is 0 Å². The highest BCUT2D eigenvalue weighted by Gasteiger charge is 2.16. The molecule has 0 bridgehead atoms. The molecule has 0 spiro atoms.